The normalized spacial score (nSPS) is 13.7. The second kappa shape index (κ2) is 10.2. The van der Waals surface area contributed by atoms with E-state index in [1.807, 2.05) is 30.3 Å². The summed E-state index contributed by atoms with van der Waals surface area (Å²) in [5.41, 5.74) is 4.49. The molecule has 1 aliphatic rings. The van der Waals surface area contributed by atoms with Crippen LogP contribution in [0.15, 0.2) is 59.4 Å². The number of hydrogen-bond donors (Lipinski definition) is 2. The number of thiophene rings is 1. The molecule has 0 radical (unpaired) electrons. The lowest BCUT2D eigenvalue weighted by atomic mass is 9.97. The van der Waals surface area contributed by atoms with E-state index in [0.29, 0.717) is 23.8 Å². The molecule has 1 aliphatic carbocycles. The summed E-state index contributed by atoms with van der Waals surface area (Å²) in [6.07, 6.45) is 3.57. The van der Waals surface area contributed by atoms with Crippen molar-refractivity contribution in [3.05, 3.63) is 97.9 Å². The highest BCUT2D eigenvalue weighted by molar-refractivity contribution is 7.98. The highest BCUT2D eigenvalue weighted by Gasteiger charge is 2.21. The van der Waals surface area contributed by atoms with Crippen molar-refractivity contribution in [2.75, 3.05) is 5.75 Å². The van der Waals surface area contributed by atoms with Gasteiger partial charge >= 0.3 is 0 Å². The molecule has 0 saturated carbocycles. The number of rotatable bonds is 8. The predicted octanol–water partition coefficient (Wildman–Crippen LogP) is 5.31. The van der Waals surface area contributed by atoms with Crippen molar-refractivity contribution in [2.24, 2.45) is 0 Å². The summed E-state index contributed by atoms with van der Waals surface area (Å²) < 4.78 is 0. The number of amides is 1. The zero-order chi connectivity index (χ0) is 23.5. The summed E-state index contributed by atoms with van der Waals surface area (Å²) in [7, 11) is 0. The Bertz CT molecular complexity index is 1360. The second-order valence-electron chi connectivity index (χ2n) is 8.67. The van der Waals surface area contributed by atoms with Gasteiger partial charge in [0.2, 0.25) is 5.91 Å². The Morgan fingerprint density at radius 1 is 1.12 bits per heavy atom. The third-order valence-corrected chi connectivity index (χ3v) is 8.34. The smallest absolute Gasteiger partial charge is 0.259 e. The summed E-state index contributed by atoms with van der Waals surface area (Å²) >= 11 is 3.27. The largest absolute Gasteiger partial charge is 0.345 e. The van der Waals surface area contributed by atoms with Gasteiger partial charge in [0.15, 0.2) is 0 Å². The van der Waals surface area contributed by atoms with E-state index in [1.54, 1.807) is 23.1 Å². The van der Waals surface area contributed by atoms with Crippen molar-refractivity contribution in [2.45, 2.75) is 44.4 Å². The number of aromatic nitrogens is 2. The van der Waals surface area contributed by atoms with E-state index in [0.717, 1.165) is 40.6 Å². The minimum atomic E-state index is -0.180. The first-order valence-corrected chi connectivity index (χ1v) is 13.6. The van der Waals surface area contributed by atoms with Crippen molar-refractivity contribution in [1.82, 2.24) is 15.3 Å². The zero-order valence-electron chi connectivity index (χ0n) is 19.1. The van der Waals surface area contributed by atoms with Crippen LogP contribution in [-0.2, 0) is 23.4 Å². The number of H-pyrrole nitrogens is 1. The molecule has 2 N–H and O–H groups in total. The molecular formula is C27H27N3O2S2. The molecule has 0 saturated heterocycles. The number of thioether (sulfide) groups is 1. The Kier molecular flexibility index (Phi) is 6.83. The Morgan fingerprint density at radius 3 is 2.68 bits per heavy atom. The molecular weight excluding hydrogens is 462 g/mol. The molecule has 174 valence electrons. The fraction of sp³-hybridized carbons (Fsp3) is 0.296. The van der Waals surface area contributed by atoms with Crippen LogP contribution in [0.3, 0.4) is 0 Å². The Morgan fingerprint density at radius 2 is 1.88 bits per heavy atom. The van der Waals surface area contributed by atoms with Gasteiger partial charge in [-0.3, -0.25) is 9.59 Å². The second-order valence-corrected chi connectivity index (χ2v) is 10.9. The van der Waals surface area contributed by atoms with Gasteiger partial charge in [0.1, 0.15) is 10.7 Å². The molecule has 0 aliphatic heterocycles. The van der Waals surface area contributed by atoms with E-state index in [9.17, 15) is 9.59 Å². The summed E-state index contributed by atoms with van der Waals surface area (Å²) in [5.74, 6) is 1.93. The topological polar surface area (TPSA) is 74.8 Å². The lowest BCUT2D eigenvalue weighted by molar-refractivity contribution is -0.121. The van der Waals surface area contributed by atoms with Gasteiger partial charge in [-0.15, -0.1) is 11.3 Å². The number of aryl methyl sites for hydroxylation is 3. The molecule has 2 heterocycles. The van der Waals surface area contributed by atoms with Crippen LogP contribution in [0.2, 0.25) is 0 Å². The molecule has 1 atom stereocenters. The van der Waals surface area contributed by atoms with Crippen LogP contribution >= 0.6 is 23.1 Å². The monoisotopic (exact) mass is 489 g/mol. The number of fused-ring (bicyclic) bond motifs is 3. The molecule has 5 rings (SSSR count). The average Bonchev–Trinajstić information content (AvgIpc) is 3.43. The standard InChI is InChI=1S/C27H27N3O2S2/c1-17-10-12-19(13-11-17)25(18-6-3-2-4-7-18)30-23(31)14-15-33-16-22-28-26(32)24-20-8-5-9-21(20)34-27(24)29-22/h2-4,6-7,10-13,25H,5,8-9,14-16H2,1H3,(H,30,31)(H,28,29,32). The van der Waals surface area contributed by atoms with Crippen molar-refractivity contribution in [3.8, 4) is 0 Å². The average molecular weight is 490 g/mol. The number of nitrogens with one attached hydrogen (secondary N) is 2. The van der Waals surface area contributed by atoms with Crippen LogP contribution in [0, 0.1) is 6.92 Å². The quantitative estimate of drug-likeness (QED) is 0.329. The molecule has 2 aromatic carbocycles. The number of carbonyl (C=O) groups is 1. The summed E-state index contributed by atoms with van der Waals surface area (Å²) in [6, 6.07) is 18.1. The van der Waals surface area contributed by atoms with Gasteiger partial charge < -0.3 is 10.3 Å². The fourth-order valence-corrected chi connectivity index (χ4v) is 6.53. The number of hydrogen-bond acceptors (Lipinski definition) is 5. The first-order valence-electron chi connectivity index (χ1n) is 11.6. The maximum Gasteiger partial charge on any atom is 0.259 e. The van der Waals surface area contributed by atoms with Crippen LogP contribution in [0.5, 0.6) is 0 Å². The molecule has 0 spiro atoms. The highest BCUT2D eigenvalue weighted by atomic mass is 32.2. The summed E-state index contributed by atoms with van der Waals surface area (Å²) in [5, 5.41) is 3.98. The lowest BCUT2D eigenvalue weighted by Crippen LogP contribution is -2.29. The fourth-order valence-electron chi connectivity index (χ4n) is 4.45. The molecule has 0 bridgehead atoms. The number of carbonyl (C=O) groups excluding carboxylic acids is 1. The minimum Gasteiger partial charge on any atom is -0.345 e. The van der Waals surface area contributed by atoms with Crippen molar-refractivity contribution < 1.29 is 4.79 Å². The van der Waals surface area contributed by atoms with E-state index >= 15 is 0 Å². The number of nitrogens with zero attached hydrogens (tertiary/aromatic N) is 1. The number of aromatic amines is 1. The Labute approximate surface area is 207 Å². The van der Waals surface area contributed by atoms with E-state index in [4.69, 9.17) is 4.98 Å². The predicted molar refractivity (Wildman–Crippen MR) is 141 cm³/mol. The molecule has 7 heteroatoms. The number of benzene rings is 2. The van der Waals surface area contributed by atoms with Gasteiger partial charge in [0.25, 0.3) is 5.56 Å². The van der Waals surface area contributed by atoms with E-state index in [2.05, 4.69) is 41.5 Å². The maximum atomic E-state index is 12.8. The molecule has 2 aromatic heterocycles. The van der Waals surface area contributed by atoms with Gasteiger partial charge in [-0.1, -0.05) is 60.2 Å². The zero-order valence-corrected chi connectivity index (χ0v) is 20.7. The van der Waals surface area contributed by atoms with Crippen LogP contribution in [0.25, 0.3) is 10.2 Å². The van der Waals surface area contributed by atoms with Crippen LogP contribution < -0.4 is 10.9 Å². The van der Waals surface area contributed by atoms with Gasteiger partial charge in [0.05, 0.1) is 17.2 Å². The summed E-state index contributed by atoms with van der Waals surface area (Å²) in [6.45, 7) is 2.06. The van der Waals surface area contributed by atoms with Crippen molar-refractivity contribution in [1.29, 1.82) is 0 Å². The molecule has 34 heavy (non-hydrogen) atoms. The Hall–Kier alpha value is -2.90. The highest BCUT2D eigenvalue weighted by Crippen LogP contribution is 2.34. The third-order valence-electron chi connectivity index (χ3n) is 6.19. The molecule has 1 unspecified atom stereocenters. The molecule has 4 aromatic rings. The first-order chi connectivity index (χ1) is 16.6. The van der Waals surface area contributed by atoms with Crippen LogP contribution in [0.1, 0.15) is 51.8 Å². The van der Waals surface area contributed by atoms with Crippen molar-refractivity contribution >= 4 is 39.2 Å². The van der Waals surface area contributed by atoms with Gasteiger partial charge in [-0.05, 0) is 42.9 Å². The first kappa shape index (κ1) is 22.9. The molecule has 0 fully saturated rings. The minimum absolute atomic E-state index is 0.00788. The summed E-state index contributed by atoms with van der Waals surface area (Å²) in [4.78, 5) is 35.2. The maximum absolute atomic E-state index is 12.8. The van der Waals surface area contributed by atoms with Gasteiger partial charge in [-0.25, -0.2) is 4.98 Å². The van der Waals surface area contributed by atoms with E-state index in [-0.39, 0.29) is 17.5 Å². The van der Waals surface area contributed by atoms with Crippen molar-refractivity contribution in [3.63, 3.8) is 0 Å². The SMILES string of the molecule is Cc1ccc(C(NC(=O)CCSCc2nc3sc4c(c3c(=O)[nH]2)CCC4)c2ccccc2)cc1. The van der Waals surface area contributed by atoms with Crippen LogP contribution in [-0.4, -0.2) is 21.6 Å². The van der Waals surface area contributed by atoms with E-state index in [1.165, 1.54) is 16.0 Å². The van der Waals surface area contributed by atoms with E-state index < -0.39 is 0 Å². The third kappa shape index (κ3) is 4.95. The molecule has 1 amide bonds. The van der Waals surface area contributed by atoms with Gasteiger partial charge in [0, 0.05) is 17.1 Å². The van der Waals surface area contributed by atoms with Crippen LogP contribution in [0.4, 0.5) is 0 Å². The Balaban J connectivity index is 1.19. The van der Waals surface area contributed by atoms with Gasteiger partial charge in [-0.2, -0.15) is 11.8 Å². The lowest BCUT2D eigenvalue weighted by Gasteiger charge is -2.20. The molecule has 5 nitrogen and oxygen atoms in total.